The first-order chi connectivity index (χ1) is 15.6. The number of fused-ring (bicyclic) bond motifs is 1. The Morgan fingerprint density at radius 2 is 1.76 bits per heavy atom. The van der Waals surface area contributed by atoms with Crippen LogP contribution in [0.15, 0.2) is 66.9 Å². The van der Waals surface area contributed by atoms with Crippen molar-refractivity contribution < 1.29 is 27.4 Å². The maximum absolute atomic E-state index is 14.1. The Balaban J connectivity index is 1.68. The van der Waals surface area contributed by atoms with Crippen molar-refractivity contribution in [3.63, 3.8) is 0 Å². The lowest BCUT2D eigenvalue weighted by atomic mass is 9.91. The summed E-state index contributed by atoms with van der Waals surface area (Å²) in [6.45, 7) is 0.939. The lowest BCUT2D eigenvalue weighted by molar-refractivity contribution is -0.260. The molecule has 4 aromatic rings. The second-order valence-electron chi connectivity index (χ2n) is 7.70. The Bertz CT molecular complexity index is 1290. The number of alkyl halides is 3. The van der Waals surface area contributed by atoms with E-state index in [1.165, 1.54) is 60.5 Å². The van der Waals surface area contributed by atoms with E-state index in [1.807, 2.05) is 0 Å². The van der Waals surface area contributed by atoms with Gasteiger partial charge in [0.15, 0.2) is 0 Å². The summed E-state index contributed by atoms with van der Waals surface area (Å²) in [5, 5.41) is 18.1. The number of ether oxygens (including phenoxy) is 1. The molecule has 0 saturated carbocycles. The predicted molar refractivity (Wildman–Crippen MR) is 117 cm³/mol. The Morgan fingerprint density at radius 1 is 1.03 bits per heavy atom. The third-order valence-corrected chi connectivity index (χ3v) is 5.55. The summed E-state index contributed by atoms with van der Waals surface area (Å²) in [4.78, 5) is 0. The highest BCUT2D eigenvalue weighted by Gasteiger charge is 2.55. The molecule has 3 aromatic carbocycles. The van der Waals surface area contributed by atoms with Crippen LogP contribution in [0.5, 0.6) is 5.75 Å². The number of nitrogens with one attached hydrogen (secondary N) is 1. The largest absolute Gasteiger partial charge is 0.497 e. The number of aryl methyl sites for hydroxylation is 1. The van der Waals surface area contributed by atoms with Gasteiger partial charge < -0.3 is 15.2 Å². The molecule has 1 heterocycles. The van der Waals surface area contributed by atoms with E-state index in [4.69, 9.17) is 4.74 Å². The van der Waals surface area contributed by atoms with Crippen LogP contribution in [-0.4, -0.2) is 34.7 Å². The van der Waals surface area contributed by atoms with Gasteiger partial charge in [0.1, 0.15) is 11.6 Å². The summed E-state index contributed by atoms with van der Waals surface area (Å²) < 4.78 is 62.0. The van der Waals surface area contributed by atoms with Crippen LogP contribution in [0.25, 0.3) is 16.6 Å². The maximum atomic E-state index is 14.1. The molecule has 0 fully saturated rings. The molecule has 0 aliphatic heterocycles. The fourth-order valence-corrected chi connectivity index (χ4v) is 3.63. The SMILES string of the molecule is COc1ccc(NCC(O)(c2ccc3c(cnn3-c3ccc(F)cc3)c2)C(F)(F)F)c(C)c1. The molecule has 33 heavy (non-hydrogen) atoms. The van der Waals surface area contributed by atoms with Crippen molar-refractivity contribution in [3.8, 4) is 11.4 Å². The summed E-state index contributed by atoms with van der Waals surface area (Å²) in [6, 6.07) is 14.4. The molecule has 0 spiro atoms. The molecule has 172 valence electrons. The highest BCUT2D eigenvalue weighted by Crippen LogP contribution is 2.40. The highest BCUT2D eigenvalue weighted by molar-refractivity contribution is 5.81. The van der Waals surface area contributed by atoms with Gasteiger partial charge >= 0.3 is 6.18 Å². The van der Waals surface area contributed by atoms with E-state index in [0.717, 1.165) is 0 Å². The number of rotatable bonds is 6. The number of benzene rings is 3. The normalized spacial score (nSPS) is 13.7. The Kier molecular flexibility index (Phi) is 5.75. The topological polar surface area (TPSA) is 59.3 Å². The molecule has 5 nitrogen and oxygen atoms in total. The van der Waals surface area contributed by atoms with Gasteiger partial charge in [0.05, 0.1) is 31.1 Å². The van der Waals surface area contributed by atoms with E-state index >= 15 is 0 Å². The zero-order valence-corrected chi connectivity index (χ0v) is 17.8. The van der Waals surface area contributed by atoms with Crippen LogP contribution in [-0.2, 0) is 5.60 Å². The van der Waals surface area contributed by atoms with Crippen molar-refractivity contribution in [2.45, 2.75) is 18.7 Å². The van der Waals surface area contributed by atoms with Gasteiger partial charge in [-0.05, 0) is 72.6 Å². The van der Waals surface area contributed by atoms with E-state index in [0.29, 0.717) is 33.6 Å². The van der Waals surface area contributed by atoms with Gasteiger partial charge in [-0.1, -0.05) is 6.07 Å². The Hall–Kier alpha value is -3.59. The van der Waals surface area contributed by atoms with Gasteiger partial charge in [-0.25, -0.2) is 9.07 Å². The average molecular weight is 459 g/mol. The third-order valence-electron chi connectivity index (χ3n) is 5.55. The summed E-state index contributed by atoms with van der Waals surface area (Å²) in [6.07, 6.45) is -3.54. The van der Waals surface area contributed by atoms with Crippen LogP contribution >= 0.6 is 0 Å². The molecule has 9 heteroatoms. The molecule has 1 unspecified atom stereocenters. The fourth-order valence-electron chi connectivity index (χ4n) is 3.63. The molecule has 0 amide bonds. The summed E-state index contributed by atoms with van der Waals surface area (Å²) in [7, 11) is 1.50. The molecule has 0 bridgehead atoms. The standard InChI is InChI=1S/C24H21F4N3O2/c1-15-11-20(33-2)8-9-21(15)29-14-23(32,24(26,27)28)17-3-10-22-16(12-17)13-30-31(22)19-6-4-18(25)5-7-19/h3-13,29,32H,14H2,1-2H3. The number of nitrogens with zero attached hydrogens (tertiary/aromatic N) is 2. The van der Waals surface area contributed by atoms with E-state index in [-0.39, 0.29) is 5.56 Å². The zero-order chi connectivity index (χ0) is 23.8. The monoisotopic (exact) mass is 459 g/mol. The van der Waals surface area contributed by atoms with E-state index in [2.05, 4.69) is 10.4 Å². The second-order valence-corrected chi connectivity index (χ2v) is 7.70. The number of hydrogen-bond acceptors (Lipinski definition) is 4. The first kappa shape index (κ1) is 22.6. The molecule has 0 aliphatic rings. The Labute approximate surface area is 187 Å². The first-order valence-electron chi connectivity index (χ1n) is 10.0. The number of anilines is 1. The van der Waals surface area contributed by atoms with Gasteiger partial charge in [0.2, 0.25) is 5.60 Å². The molecule has 4 rings (SSSR count). The predicted octanol–water partition coefficient (Wildman–Crippen LogP) is 5.34. The number of aromatic nitrogens is 2. The minimum Gasteiger partial charge on any atom is -0.497 e. The van der Waals surface area contributed by atoms with Gasteiger partial charge in [-0.2, -0.15) is 18.3 Å². The number of methoxy groups -OCH3 is 1. The second kappa shape index (κ2) is 8.40. The van der Waals surface area contributed by atoms with Gasteiger partial charge in [-0.3, -0.25) is 0 Å². The number of hydrogen-bond donors (Lipinski definition) is 2. The molecular formula is C24H21F4N3O2. The summed E-state index contributed by atoms with van der Waals surface area (Å²) in [5.74, 6) is 0.167. The molecule has 0 saturated heterocycles. The lowest BCUT2D eigenvalue weighted by Crippen LogP contribution is -2.47. The molecule has 0 radical (unpaired) electrons. The van der Waals surface area contributed by atoms with Crippen LogP contribution in [0.1, 0.15) is 11.1 Å². The van der Waals surface area contributed by atoms with Crippen LogP contribution in [0.4, 0.5) is 23.2 Å². The first-order valence-corrected chi connectivity index (χ1v) is 10.0. The Morgan fingerprint density at radius 3 is 2.39 bits per heavy atom. The zero-order valence-electron chi connectivity index (χ0n) is 17.8. The van der Waals surface area contributed by atoms with E-state index < -0.39 is 24.1 Å². The molecular weight excluding hydrogens is 438 g/mol. The molecule has 1 aromatic heterocycles. The number of halogens is 4. The van der Waals surface area contributed by atoms with Crippen molar-refractivity contribution in [1.82, 2.24) is 9.78 Å². The van der Waals surface area contributed by atoms with Gasteiger partial charge in [0.25, 0.3) is 0 Å². The van der Waals surface area contributed by atoms with Gasteiger partial charge in [0, 0.05) is 11.1 Å². The van der Waals surface area contributed by atoms with Crippen LogP contribution in [0.3, 0.4) is 0 Å². The van der Waals surface area contributed by atoms with Crippen molar-refractivity contribution in [1.29, 1.82) is 0 Å². The maximum Gasteiger partial charge on any atom is 0.423 e. The average Bonchev–Trinajstić information content (AvgIpc) is 3.21. The van der Waals surface area contributed by atoms with Crippen molar-refractivity contribution in [2.24, 2.45) is 0 Å². The van der Waals surface area contributed by atoms with E-state index in [1.54, 1.807) is 25.1 Å². The van der Waals surface area contributed by atoms with Crippen molar-refractivity contribution in [3.05, 3.63) is 83.8 Å². The van der Waals surface area contributed by atoms with Crippen molar-refractivity contribution in [2.75, 3.05) is 19.0 Å². The highest BCUT2D eigenvalue weighted by atomic mass is 19.4. The van der Waals surface area contributed by atoms with Gasteiger partial charge in [-0.15, -0.1) is 0 Å². The quantitative estimate of drug-likeness (QED) is 0.382. The number of aliphatic hydroxyl groups is 1. The molecule has 0 aliphatic carbocycles. The summed E-state index contributed by atoms with van der Waals surface area (Å²) >= 11 is 0. The molecule has 1 atom stereocenters. The van der Waals surface area contributed by atoms with Crippen LogP contribution in [0.2, 0.25) is 0 Å². The van der Waals surface area contributed by atoms with Crippen LogP contribution in [0, 0.1) is 12.7 Å². The summed E-state index contributed by atoms with van der Waals surface area (Å²) in [5.41, 5.74) is -1.26. The lowest BCUT2D eigenvalue weighted by Gasteiger charge is -2.32. The fraction of sp³-hybridized carbons (Fsp3) is 0.208. The van der Waals surface area contributed by atoms with E-state index in [9.17, 15) is 22.7 Å². The van der Waals surface area contributed by atoms with Crippen LogP contribution < -0.4 is 10.1 Å². The minimum atomic E-state index is -4.94. The smallest absolute Gasteiger partial charge is 0.423 e. The third kappa shape index (κ3) is 4.23. The molecule has 2 N–H and O–H groups in total. The minimum absolute atomic E-state index is 0.320. The van der Waals surface area contributed by atoms with Crippen molar-refractivity contribution >= 4 is 16.6 Å².